The molecule has 2 aromatic heterocycles. The maximum absolute atomic E-state index is 5.63. The van der Waals surface area contributed by atoms with Crippen molar-refractivity contribution in [2.24, 2.45) is 0 Å². The lowest BCUT2D eigenvalue weighted by atomic mass is 10.0. The normalized spacial score (nSPS) is 18.9. The van der Waals surface area contributed by atoms with E-state index >= 15 is 0 Å². The van der Waals surface area contributed by atoms with Crippen LogP contribution in [0.5, 0.6) is 0 Å². The van der Waals surface area contributed by atoms with Crippen molar-refractivity contribution in [3.8, 4) is 0 Å². The number of furan rings is 1. The van der Waals surface area contributed by atoms with Crippen LogP contribution < -0.4 is 11.1 Å². The fraction of sp³-hybridized carbons (Fsp3) is 0.571. The van der Waals surface area contributed by atoms with Gasteiger partial charge in [0.2, 0.25) is 5.13 Å². The monoisotopic (exact) mass is 307 g/mol. The minimum atomic E-state index is 0.210. The van der Waals surface area contributed by atoms with E-state index in [9.17, 15) is 0 Å². The highest BCUT2D eigenvalue weighted by atomic mass is 32.1. The molecule has 1 aliphatic heterocycles. The van der Waals surface area contributed by atoms with Gasteiger partial charge in [0.15, 0.2) is 0 Å². The van der Waals surface area contributed by atoms with Gasteiger partial charge in [-0.25, -0.2) is 0 Å². The highest BCUT2D eigenvalue weighted by Crippen LogP contribution is 2.22. The smallest absolute Gasteiger partial charge is 0.203 e. The molecular formula is C14H21N5OS. The van der Waals surface area contributed by atoms with Crippen LogP contribution in [0.15, 0.2) is 22.8 Å². The van der Waals surface area contributed by atoms with E-state index in [1.54, 1.807) is 6.26 Å². The molecule has 114 valence electrons. The highest BCUT2D eigenvalue weighted by molar-refractivity contribution is 7.15. The Morgan fingerprint density at radius 1 is 1.48 bits per heavy atom. The summed E-state index contributed by atoms with van der Waals surface area (Å²) in [6.45, 7) is 5.20. The van der Waals surface area contributed by atoms with Crippen molar-refractivity contribution in [1.29, 1.82) is 0 Å². The molecule has 3 heterocycles. The first-order chi connectivity index (χ1) is 10.2. The van der Waals surface area contributed by atoms with E-state index in [2.05, 4.69) is 27.3 Å². The molecular weight excluding hydrogens is 286 g/mol. The lowest BCUT2D eigenvalue weighted by Crippen LogP contribution is -2.42. The number of likely N-dealkylation sites (tertiary alicyclic amines) is 1. The van der Waals surface area contributed by atoms with Crippen molar-refractivity contribution in [2.75, 3.05) is 18.8 Å². The second-order valence-corrected chi connectivity index (χ2v) is 6.54. The lowest BCUT2D eigenvalue weighted by Gasteiger charge is -2.33. The molecule has 7 heteroatoms. The van der Waals surface area contributed by atoms with Crippen LogP contribution in [-0.4, -0.2) is 34.2 Å². The maximum atomic E-state index is 5.63. The van der Waals surface area contributed by atoms with Crippen LogP contribution in [0.2, 0.25) is 0 Å². The van der Waals surface area contributed by atoms with Crippen molar-refractivity contribution in [3.05, 3.63) is 29.2 Å². The van der Waals surface area contributed by atoms with Crippen LogP contribution in [0.1, 0.15) is 36.6 Å². The fourth-order valence-corrected chi connectivity index (χ4v) is 3.35. The predicted octanol–water partition coefficient (Wildman–Crippen LogP) is 2.03. The predicted molar refractivity (Wildman–Crippen MR) is 82.9 cm³/mol. The van der Waals surface area contributed by atoms with Crippen LogP contribution in [0.3, 0.4) is 0 Å². The molecule has 0 amide bonds. The fourth-order valence-electron chi connectivity index (χ4n) is 2.73. The molecule has 0 aliphatic carbocycles. The first kappa shape index (κ1) is 14.5. The summed E-state index contributed by atoms with van der Waals surface area (Å²) in [6, 6.07) is 4.71. The number of aromatic nitrogens is 2. The number of anilines is 1. The topological polar surface area (TPSA) is 80.2 Å². The summed E-state index contributed by atoms with van der Waals surface area (Å²) < 4.78 is 5.40. The zero-order valence-electron chi connectivity index (χ0n) is 12.2. The Morgan fingerprint density at radius 3 is 2.90 bits per heavy atom. The average molecular weight is 307 g/mol. The van der Waals surface area contributed by atoms with Crippen molar-refractivity contribution in [1.82, 2.24) is 20.4 Å². The Bertz CT molecular complexity index is 547. The van der Waals surface area contributed by atoms with Crippen LogP contribution >= 0.6 is 11.3 Å². The third-order valence-electron chi connectivity index (χ3n) is 3.86. The van der Waals surface area contributed by atoms with E-state index in [0.717, 1.165) is 43.2 Å². The molecule has 3 rings (SSSR count). The number of piperidine rings is 1. The summed E-state index contributed by atoms with van der Waals surface area (Å²) >= 11 is 1.46. The van der Waals surface area contributed by atoms with Crippen LogP contribution in [0.4, 0.5) is 5.13 Å². The molecule has 0 radical (unpaired) electrons. The van der Waals surface area contributed by atoms with Crippen molar-refractivity contribution in [3.63, 3.8) is 0 Å². The third-order valence-corrected chi connectivity index (χ3v) is 4.79. The van der Waals surface area contributed by atoms with Gasteiger partial charge in [0.1, 0.15) is 10.8 Å². The number of nitrogens with zero attached hydrogens (tertiary/aromatic N) is 3. The Hall–Kier alpha value is -1.44. The quantitative estimate of drug-likeness (QED) is 0.880. The van der Waals surface area contributed by atoms with Gasteiger partial charge >= 0.3 is 0 Å². The molecule has 1 fully saturated rings. The Labute approximate surface area is 128 Å². The Kier molecular flexibility index (Phi) is 4.52. The molecule has 21 heavy (non-hydrogen) atoms. The Morgan fingerprint density at radius 2 is 2.29 bits per heavy atom. The van der Waals surface area contributed by atoms with Gasteiger partial charge in [-0.3, -0.25) is 4.90 Å². The molecule has 3 N–H and O–H groups in total. The zero-order valence-corrected chi connectivity index (χ0v) is 13.0. The number of nitrogens with one attached hydrogen (secondary N) is 1. The lowest BCUT2D eigenvalue weighted by molar-refractivity contribution is 0.174. The summed E-state index contributed by atoms with van der Waals surface area (Å²) in [5.74, 6) is 1.04. The van der Waals surface area contributed by atoms with Gasteiger partial charge in [0.25, 0.3) is 0 Å². The summed E-state index contributed by atoms with van der Waals surface area (Å²) in [5, 5.41) is 13.1. The van der Waals surface area contributed by atoms with E-state index in [0.29, 0.717) is 11.2 Å². The first-order valence-corrected chi connectivity index (χ1v) is 8.12. The van der Waals surface area contributed by atoms with E-state index < -0.39 is 0 Å². The van der Waals surface area contributed by atoms with Gasteiger partial charge in [-0.15, -0.1) is 10.2 Å². The molecule has 1 saturated heterocycles. The molecule has 0 spiro atoms. The number of hydrogen-bond acceptors (Lipinski definition) is 7. The molecule has 0 saturated carbocycles. The largest absolute Gasteiger partial charge is 0.468 e. The van der Waals surface area contributed by atoms with E-state index in [1.807, 2.05) is 12.1 Å². The van der Waals surface area contributed by atoms with Gasteiger partial charge in [0, 0.05) is 19.1 Å². The van der Waals surface area contributed by atoms with Gasteiger partial charge in [0.05, 0.1) is 18.8 Å². The number of nitrogen functional groups attached to an aromatic ring is 1. The summed E-state index contributed by atoms with van der Waals surface area (Å²) in [5.41, 5.74) is 5.63. The highest BCUT2D eigenvalue weighted by Gasteiger charge is 2.22. The molecule has 6 nitrogen and oxygen atoms in total. The molecule has 1 atom stereocenters. The standard InChI is InChI=1S/C14H21N5OS/c1-10(13-17-18-14(15)21-13)16-11-4-6-19(7-5-11)9-12-3-2-8-20-12/h2-3,8,10-11,16H,4-7,9H2,1H3,(H2,15,18)/t10-/m1/s1. The van der Waals surface area contributed by atoms with E-state index in [1.165, 1.54) is 11.3 Å². The first-order valence-electron chi connectivity index (χ1n) is 7.30. The van der Waals surface area contributed by atoms with Crippen LogP contribution in [0.25, 0.3) is 0 Å². The number of rotatable bonds is 5. The molecule has 0 unspecified atom stereocenters. The van der Waals surface area contributed by atoms with Crippen LogP contribution in [0, 0.1) is 0 Å². The summed E-state index contributed by atoms with van der Waals surface area (Å²) in [4.78, 5) is 2.44. The van der Waals surface area contributed by atoms with Crippen molar-refractivity contribution < 1.29 is 4.42 Å². The Balaban J connectivity index is 1.45. The minimum Gasteiger partial charge on any atom is -0.468 e. The van der Waals surface area contributed by atoms with Gasteiger partial charge < -0.3 is 15.5 Å². The summed E-state index contributed by atoms with van der Waals surface area (Å²) in [7, 11) is 0. The second kappa shape index (κ2) is 6.55. The van der Waals surface area contributed by atoms with Crippen molar-refractivity contribution >= 4 is 16.5 Å². The third kappa shape index (κ3) is 3.81. The van der Waals surface area contributed by atoms with Crippen LogP contribution in [-0.2, 0) is 6.54 Å². The molecule has 0 aromatic carbocycles. The molecule has 2 aromatic rings. The second-order valence-electron chi connectivity index (χ2n) is 5.50. The van der Waals surface area contributed by atoms with Gasteiger partial charge in [-0.2, -0.15) is 0 Å². The SMILES string of the molecule is C[C@@H](NC1CCN(Cc2ccco2)CC1)c1nnc(N)s1. The summed E-state index contributed by atoms with van der Waals surface area (Å²) in [6.07, 6.45) is 4.01. The molecule has 0 bridgehead atoms. The maximum Gasteiger partial charge on any atom is 0.203 e. The van der Waals surface area contributed by atoms with Gasteiger partial charge in [-0.1, -0.05) is 11.3 Å². The molecule has 1 aliphatic rings. The van der Waals surface area contributed by atoms with E-state index in [-0.39, 0.29) is 6.04 Å². The average Bonchev–Trinajstić information content (AvgIpc) is 3.12. The van der Waals surface area contributed by atoms with Gasteiger partial charge in [-0.05, 0) is 31.9 Å². The number of nitrogens with two attached hydrogens (primary N) is 1. The zero-order chi connectivity index (χ0) is 14.7. The number of hydrogen-bond donors (Lipinski definition) is 2. The van der Waals surface area contributed by atoms with Crippen molar-refractivity contribution in [2.45, 2.75) is 38.4 Å². The minimum absolute atomic E-state index is 0.210. The van der Waals surface area contributed by atoms with E-state index in [4.69, 9.17) is 10.2 Å².